The molecule has 0 bridgehead atoms. The van der Waals surface area contributed by atoms with Gasteiger partial charge in [-0.25, -0.2) is 4.57 Å². The Morgan fingerprint density at radius 2 is 1.65 bits per heavy atom. The minimum Gasteiger partial charge on any atom is -0.478 e. The van der Waals surface area contributed by atoms with Crippen LogP contribution in [0.3, 0.4) is 0 Å². The largest absolute Gasteiger partial charge is 0.478 e. The van der Waals surface area contributed by atoms with Crippen molar-refractivity contribution in [2.75, 3.05) is 6.61 Å². The lowest BCUT2D eigenvalue weighted by molar-refractivity contribution is -0.696. The van der Waals surface area contributed by atoms with Crippen molar-refractivity contribution in [1.82, 2.24) is 9.55 Å². The van der Waals surface area contributed by atoms with Crippen LogP contribution in [0.1, 0.15) is 78.1 Å². The summed E-state index contributed by atoms with van der Waals surface area (Å²) in [6.07, 6.45) is 19.1. The molecule has 0 amide bonds. The van der Waals surface area contributed by atoms with Crippen molar-refractivity contribution in [3.8, 4) is 11.7 Å². The van der Waals surface area contributed by atoms with Crippen molar-refractivity contribution in [3.05, 3.63) is 36.9 Å². The molecule has 4 heteroatoms. The maximum atomic E-state index is 5.80. The third-order valence-corrected chi connectivity index (χ3v) is 4.68. The van der Waals surface area contributed by atoms with E-state index in [1.54, 1.807) is 0 Å². The van der Waals surface area contributed by atoms with Gasteiger partial charge in [0.2, 0.25) is 18.0 Å². The molecule has 0 atom stereocenters. The monoisotopic (exact) mass is 358 g/mol. The third kappa shape index (κ3) is 7.59. The molecule has 2 aromatic heterocycles. The quantitative estimate of drug-likeness (QED) is 0.331. The van der Waals surface area contributed by atoms with Crippen molar-refractivity contribution in [1.29, 1.82) is 0 Å². The first-order chi connectivity index (χ1) is 12.8. The molecule has 0 aliphatic rings. The van der Waals surface area contributed by atoms with E-state index in [0.29, 0.717) is 0 Å². The first kappa shape index (κ1) is 20.5. The molecule has 0 aliphatic carbocycles. The SMILES string of the molecule is CCCCCCCC[n+]1ccn(-c2cccc(OCCCCCC)n2)c1. The minimum atomic E-state index is 0.718. The van der Waals surface area contributed by atoms with E-state index in [-0.39, 0.29) is 0 Å². The topological polar surface area (TPSA) is 30.9 Å². The van der Waals surface area contributed by atoms with E-state index < -0.39 is 0 Å². The van der Waals surface area contributed by atoms with Gasteiger partial charge in [-0.1, -0.05) is 64.9 Å². The summed E-state index contributed by atoms with van der Waals surface area (Å²) in [6, 6.07) is 5.98. The van der Waals surface area contributed by atoms with Gasteiger partial charge in [0.15, 0.2) is 0 Å². The minimum absolute atomic E-state index is 0.718. The summed E-state index contributed by atoms with van der Waals surface area (Å²) in [5.41, 5.74) is 0. The summed E-state index contributed by atoms with van der Waals surface area (Å²) in [6.45, 7) is 6.31. The van der Waals surface area contributed by atoms with Crippen molar-refractivity contribution in [2.45, 2.75) is 84.6 Å². The predicted molar refractivity (Wildman–Crippen MR) is 107 cm³/mol. The fourth-order valence-corrected chi connectivity index (χ4v) is 3.07. The van der Waals surface area contributed by atoms with Crippen LogP contribution in [-0.4, -0.2) is 16.2 Å². The van der Waals surface area contributed by atoms with Crippen LogP contribution in [0, 0.1) is 0 Å². The lowest BCUT2D eigenvalue weighted by Crippen LogP contribution is -2.30. The molecule has 144 valence electrons. The maximum absolute atomic E-state index is 5.80. The van der Waals surface area contributed by atoms with Crippen LogP contribution in [0.2, 0.25) is 0 Å². The second kappa shape index (κ2) is 12.5. The van der Waals surface area contributed by atoms with Crippen molar-refractivity contribution >= 4 is 0 Å². The zero-order chi connectivity index (χ0) is 18.5. The van der Waals surface area contributed by atoms with Crippen LogP contribution in [-0.2, 0) is 6.54 Å². The number of aryl methyl sites for hydroxylation is 1. The van der Waals surface area contributed by atoms with Crippen LogP contribution in [0.25, 0.3) is 5.82 Å². The molecule has 0 N–H and O–H groups in total. The molecule has 0 aromatic carbocycles. The van der Waals surface area contributed by atoms with Gasteiger partial charge in [0.25, 0.3) is 0 Å². The Morgan fingerprint density at radius 1 is 0.923 bits per heavy atom. The highest BCUT2D eigenvalue weighted by molar-refractivity contribution is 5.26. The van der Waals surface area contributed by atoms with Gasteiger partial charge in [-0.15, -0.1) is 0 Å². The molecule has 26 heavy (non-hydrogen) atoms. The number of rotatable bonds is 14. The molecule has 0 spiro atoms. The molecule has 0 saturated carbocycles. The highest BCUT2D eigenvalue weighted by Gasteiger charge is 2.09. The Balaban J connectivity index is 1.77. The number of hydrogen-bond donors (Lipinski definition) is 0. The summed E-state index contributed by atoms with van der Waals surface area (Å²) < 4.78 is 10.1. The van der Waals surface area contributed by atoms with Crippen LogP contribution >= 0.6 is 0 Å². The Bertz CT molecular complexity index is 609. The van der Waals surface area contributed by atoms with Crippen LogP contribution in [0.4, 0.5) is 0 Å². The van der Waals surface area contributed by atoms with Crippen molar-refractivity contribution in [3.63, 3.8) is 0 Å². The zero-order valence-corrected chi connectivity index (χ0v) is 16.7. The van der Waals surface area contributed by atoms with Crippen LogP contribution in [0.5, 0.6) is 5.88 Å². The van der Waals surface area contributed by atoms with Gasteiger partial charge in [-0.05, 0) is 19.3 Å². The second-order valence-electron chi connectivity index (χ2n) is 7.07. The lowest BCUT2D eigenvalue weighted by Gasteiger charge is -2.05. The molecule has 2 aromatic rings. The summed E-state index contributed by atoms with van der Waals surface area (Å²) in [5, 5.41) is 0. The molecule has 0 saturated heterocycles. The zero-order valence-electron chi connectivity index (χ0n) is 16.7. The fraction of sp³-hybridized carbons (Fsp3) is 0.636. The molecular formula is C22H36N3O+. The van der Waals surface area contributed by atoms with Crippen LogP contribution in [0.15, 0.2) is 36.9 Å². The highest BCUT2D eigenvalue weighted by atomic mass is 16.5. The first-order valence-electron chi connectivity index (χ1n) is 10.5. The second-order valence-corrected chi connectivity index (χ2v) is 7.07. The van der Waals surface area contributed by atoms with E-state index >= 15 is 0 Å². The predicted octanol–water partition coefficient (Wildman–Crippen LogP) is 5.48. The summed E-state index contributed by atoms with van der Waals surface area (Å²) >= 11 is 0. The normalized spacial score (nSPS) is 11.0. The van der Waals surface area contributed by atoms with E-state index in [0.717, 1.165) is 31.3 Å². The smallest absolute Gasteiger partial charge is 0.250 e. The molecule has 4 nitrogen and oxygen atoms in total. The van der Waals surface area contributed by atoms with Gasteiger partial charge >= 0.3 is 0 Å². The van der Waals surface area contributed by atoms with Gasteiger partial charge in [0.05, 0.1) is 13.2 Å². The van der Waals surface area contributed by atoms with Gasteiger partial charge in [-0.3, -0.25) is 0 Å². The molecule has 0 aliphatic heterocycles. The number of hydrogen-bond acceptors (Lipinski definition) is 2. The number of aromatic nitrogens is 3. The van der Waals surface area contributed by atoms with Gasteiger partial charge in [0.1, 0.15) is 12.4 Å². The van der Waals surface area contributed by atoms with Gasteiger partial charge in [-0.2, -0.15) is 9.55 Å². The number of nitrogens with zero attached hydrogens (tertiary/aromatic N) is 3. The van der Waals surface area contributed by atoms with E-state index in [2.05, 4.69) is 46.7 Å². The summed E-state index contributed by atoms with van der Waals surface area (Å²) in [4.78, 5) is 4.63. The van der Waals surface area contributed by atoms with Gasteiger partial charge in [0, 0.05) is 12.1 Å². The number of unbranched alkanes of at least 4 members (excludes halogenated alkanes) is 8. The van der Waals surface area contributed by atoms with E-state index in [1.165, 1.54) is 57.8 Å². The lowest BCUT2D eigenvalue weighted by atomic mass is 10.1. The Morgan fingerprint density at radius 3 is 2.46 bits per heavy atom. The summed E-state index contributed by atoms with van der Waals surface area (Å²) in [5.74, 6) is 1.63. The molecule has 2 heterocycles. The fourth-order valence-electron chi connectivity index (χ4n) is 3.07. The molecular weight excluding hydrogens is 322 g/mol. The number of imidazole rings is 1. The Labute approximate surface area is 159 Å². The molecule has 0 radical (unpaired) electrons. The van der Waals surface area contributed by atoms with Gasteiger partial charge < -0.3 is 4.74 Å². The highest BCUT2D eigenvalue weighted by Crippen LogP contribution is 2.12. The molecule has 0 unspecified atom stereocenters. The van der Waals surface area contributed by atoms with Crippen molar-refractivity contribution in [2.24, 2.45) is 0 Å². The average molecular weight is 359 g/mol. The van der Waals surface area contributed by atoms with Crippen LogP contribution < -0.4 is 9.30 Å². The number of ether oxygens (including phenoxy) is 1. The third-order valence-electron chi connectivity index (χ3n) is 4.68. The number of pyridine rings is 1. The van der Waals surface area contributed by atoms with E-state index in [4.69, 9.17) is 4.74 Å². The Kier molecular flexibility index (Phi) is 9.84. The summed E-state index contributed by atoms with van der Waals surface area (Å²) in [7, 11) is 0. The van der Waals surface area contributed by atoms with E-state index in [9.17, 15) is 0 Å². The van der Waals surface area contributed by atoms with E-state index in [1.807, 2.05) is 18.2 Å². The average Bonchev–Trinajstić information content (AvgIpc) is 3.14. The Hall–Kier alpha value is -1.84. The first-order valence-corrected chi connectivity index (χ1v) is 10.5. The molecule has 2 rings (SSSR count). The van der Waals surface area contributed by atoms with Crippen molar-refractivity contribution < 1.29 is 9.30 Å². The molecule has 0 fully saturated rings. The maximum Gasteiger partial charge on any atom is 0.250 e. The standard InChI is InChI=1S/C22H36N3O/c1-3-5-7-9-10-11-16-24-17-18-25(20-24)21-14-13-15-22(23-21)26-19-12-8-6-4-2/h13-15,17-18,20H,3-12,16,19H2,1-2H3/q+1.